The van der Waals surface area contributed by atoms with Crippen molar-refractivity contribution in [3.8, 4) is 17.6 Å². The van der Waals surface area contributed by atoms with E-state index in [0.717, 1.165) is 32.4 Å². The van der Waals surface area contributed by atoms with Crippen molar-refractivity contribution in [2.45, 2.75) is 13.8 Å². The fourth-order valence-electron chi connectivity index (χ4n) is 2.25. The second kappa shape index (κ2) is 11.0. The molecule has 12 nitrogen and oxygen atoms in total. The van der Waals surface area contributed by atoms with E-state index in [0.29, 0.717) is 13.1 Å². The molecule has 12 heteroatoms. The molecule has 30 heavy (non-hydrogen) atoms. The van der Waals surface area contributed by atoms with Gasteiger partial charge in [0, 0.05) is 19.2 Å². The van der Waals surface area contributed by atoms with Gasteiger partial charge in [-0.2, -0.15) is 5.26 Å². The summed E-state index contributed by atoms with van der Waals surface area (Å²) < 4.78 is 18.2. The Kier molecular flexibility index (Phi) is 8.77. The zero-order chi connectivity index (χ0) is 22.8. The maximum absolute atomic E-state index is 12.4. The number of methoxy groups -OCH3 is 2. The van der Waals surface area contributed by atoms with Crippen LogP contribution < -0.4 is 9.47 Å². The standard InChI is InChI=1S/C18H19N3O9/c1-5-20(6-2)16(22)12(10-19)7-11-8-13(21(25)26)15(30-18(24)28-4)14(9-11)29-17(23)27-3/h7-9H,5-6H2,1-4H3/b12-7+. The van der Waals surface area contributed by atoms with E-state index in [1.165, 1.54) is 4.90 Å². The summed E-state index contributed by atoms with van der Waals surface area (Å²) in [6, 6.07) is 3.74. The van der Waals surface area contributed by atoms with E-state index in [1.807, 2.05) is 0 Å². The third-order valence-electron chi connectivity index (χ3n) is 3.68. The Balaban J connectivity index is 3.65. The van der Waals surface area contributed by atoms with Gasteiger partial charge >= 0.3 is 18.0 Å². The lowest BCUT2D eigenvalue weighted by molar-refractivity contribution is -0.385. The van der Waals surface area contributed by atoms with Crippen LogP contribution in [0.3, 0.4) is 0 Å². The average molecular weight is 421 g/mol. The molecule has 0 bridgehead atoms. The van der Waals surface area contributed by atoms with Gasteiger partial charge in [-0.05, 0) is 31.6 Å². The third kappa shape index (κ3) is 5.93. The molecule has 0 saturated heterocycles. The summed E-state index contributed by atoms with van der Waals surface area (Å²) in [6.45, 7) is 4.14. The van der Waals surface area contributed by atoms with Crippen molar-refractivity contribution in [1.29, 1.82) is 5.26 Å². The number of hydrogen-bond acceptors (Lipinski definition) is 10. The van der Waals surface area contributed by atoms with Crippen LogP contribution >= 0.6 is 0 Å². The van der Waals surface area contributed by atoms with E-state index in [1.54, 1.807) is 19.9 Å². The minimum Gasteiger partial charge on any atom is -0.437 e. The van der Waals surface area contributed by atoms with E-state index >= 15 is 0 Å². The molecule has 1 aromatic rings. The van der Waals surface area contributed by atoms with E-state index < -0.39 is 40.3 Å². The van der Waals surface area contributed by atoms with Crippen molar-refractivity contribution in [3.63, 3.8) is 0 Å². The Hall–Kier alpha value is -4.14. The van der Waals surface area contributed by atoms with E-state index in [4.69, 9.17) is 9.47 Å². The Labute approximate surface area is 171 Å². The predicted molar refractivity (Wildman–Crippen MR) is 101 cm³/mol. The van der Waals surface area contributed by atoms with E-state index in [9.17, 15) is 29.8 Å². The van der Waals surface area contributed by atoms with Gasteiger partial charge in [-0.25, -0.2) is 9.59 Å². The minimum atomic E-state index is -1.30. The first kappa shape index (κ1) is 23.9. The van der Waals surface area contributed by atoms with Crippen molar-refractivity contribution in [3.05, 3.63) is 33.4 Å². The number of carbonyl (C=O) groups excluding carboxylic acids is 3. The third-order valence-corrected chi connectivity index (χ3v) is 3.68. The summed E-state index contributed by atoms with van der Waals surface area (Å²) in [4.78, 5) is 47.4. The second-order valence-electron chi connectivity index (χ2n) is 5.38. The Morgan fingerprint density at radius 1 is 1.13 bits per heavy atom. The molecule has 0 heterocycles. The second-order valence-corrected chi connectivity index (χ2v) is 5.38. The molecule has 0 aliphatic carbocycles. The van der Waals surface area contributed by atoms with Crippen LogP contribution in [0.5, 0.6) is 11.5 Å². The topological polar surface area (TPSA) is 158 Å². The molecule has 0 unspecified atom stereocenters. The monoisotopic (exact) mass is 421 g/mol. The molecule has 0 saturated carbocycles. The summed E-state index contributed by atoms with van der Waals surface area (Å²) in [5, 5.41) is 20.8. The van der Waals surface area contributed by atoms with Crippen LogP contribution in [0.4, 0.5) is 15.3 Å². The summed E-state index contributed by atoms with van der Waals surface area (Å²) in [5.74, 6) is -1.86. The normalized spacial score (nSPS) is 10.4. The number of ether oxygens (including phenoxy) is 4. The van der Waals surface area contributed by atoms with E-state index in [-0.39, 0.29) is 11.1 Å². The summed E-state index contributed by atoms with van der Waals surface area (Å²) in [7, 11) is 1.97. The molecule has 0 N–H and O–H groups in total. The van der Waals surface area contributed by atoms with Crippen molar-refractivity contribution < 1.29 is 38.3 Å². The van der Waals surface area contributed by atoms with Crippen molar-refractivity contribution in [1.82, 2.24) is 4.90 Å². The molecule has 1 rings (SSSR count). The highest BCUT2D eigenvalue weighted by Crippen LogP contribution is 2.39. The lowest BCUT2D eigenvalue weighted by Gasteiger charge is -2.17. The lowest BCUT2D eigenvalue weighted by atomic mass is 10.1. The van der Waals surface area contributed by atoms with Gasteiger partial charge in [0.15, 0.2) is 5.75 Å². The van der Waals surface area contributed by atoms with Crippen LogP contribution in [0.25, 0.3) is 6.08 Å². The quantitative estimate of drug-likeness (QED) is 0.160. The van der Waals surface area contributed by atoms with Crippen LogP contribution in [0.2, 0.25) is 0 Å². The van der Waals surface area contributed by atoms with Crippen LogP contribution in [0.15, 0.2) is 17.7 Å². The molecular weight excluding hydrogens is 402 g/mol. The summed E-state index contributed by atoms with van der Waals surface area (Å²) >= 11 is 0. The van der Waals surface area contributed by atoms with Crippen molar-refractivity contribution in [2.75, 3.05) is 27.3 Å². The van der Waals surface area contributed by atoms with Crippen LogP contribution in [0.1, 0.15) is 19.4 Å². The molecule has 0 fully saturated rings. The van der Waals surface area contributed by atoms with Gasteiger partial charge in [-0.3, -0.25) is 14.9 Å². The molecule has 1 aromatic carbocycles. The summed E-state index contributed by atoms with van der Waals surface area (Å²) in [6.07, 6.45) is -1.47. The molecule has 1 amide bonds. The number of rotatable bonds is 7. The first-order valence-electron chi connectivity index (χ1n) is 8.47. The number of carbonyl (C=O) groups is 3. The van der Waals surface area contributed by atoms with Gasteiger partial charge in [-0.1, -0.05) is 0 Å². The van der Waals surface area contributed by atoms with Crippen molar-refractivity contribution in [2.24, 2.45) is 0 Å². The Bertz CT molecular complexity index is 914. The number of nitrogens with zero attached hydrogens (tertiary/aromatic N) is 3. The highest BCUT2D eigenvalue weighted by Gasteiger charge is 2.27. The van der Waals surface area contributed by atoms with Gasteiger partial charge in [0.25, 0.3) is 11.7 Å². The van der Waals surface area contributed by atoms with Crippen LogP contribution in [-0.2, 0) is 14.3 Å². The van der Waals surface area contributed by atoms with Crippen LogP contribution in [0, 0.1) is 21.4 Å². The number of likely N-dealkylation sites (N-methyl/N-ethyl adjacent to an activating group) is 1. The highest BCUT2D eigenvalue weighted by atomic mass is 16.7. The number of hydrogen-bond donors (Lipinski definition) is 0. The fraction of sp³-hybridized carbons (Fsp3) is 0.333. The number of benzene rings is 1. The Morgan fingerprint density at radius 3 is 2.17 bits per heavy atom. The molecule has 0 aliphatic rings. The largest absolute Gasteiger partial charge is 0.513 e. The molecule has 0 aromatic heterocycles. The van der Waals surface area contributed by atoms with Gasteiger partial charge in [-0.15, -0.1) is 0 Å². The lowest BCUT2D eigenvalue weighted by Crippen LogP contribution is -2.31. The van der Waals surface area contributed by atoms with Gasteiger partial charge in [0.2, 0.25) is 0 Å². The predicted octanol–water partition coefficient (Wildman–Crippen LogP) is 2.66. The molecule has 0 aliphatic heterocycles. The average Bonchev–Trinajstić information content (AvgIpc) is 2.73. The van der Waals surface area contributed by atoms with Gasteiger partial charge in [0.05, 0.1) is 19.1 Å². The number of nitro groups is 1. The highest BCUT2D eigenvalue weighted by molar-refractivity contribution is 6.01. The first-order chi connectivity index (χ1) is 14.2. The van der Waals surface area contributed by atoms with Gasteiger partial charge < -0.3 is 23.8 Å². The molecule has 160 valence electrons. The van der Waals surface area contributed by atoms with E-state index in [2.05, 4.69) is 9.47 Å². The molecule has 0 radical (unpaired) electrons. The van der Waals surface area contributed by atoms with Crippen LogP contribution in [-0.4, -0.2) is 55.4 Å². The molecular formula is C18H19N3O9. The molecule has 0 atom stereocenters. The maximum Gasteiger partial charge on any atom is 0.513 e. The van der Waals surface area contributed by atoms with Crippen molar-refractivity contribution >= 4 is 30.0 Å². The SMILES string of the molecule is CCN(CC)C(=O)/C(C#N)=C/c1cc(OC(=O)OC)c(OC(=O)OC)c([N+](=O)[O-])c1. The smallest absolute Gasteiger partial charge is 0.437 e. The number of nitriles is 1. The fourth-order valence-corrected chi connectivity index (χ4v) is 2.25. The minimum absolute atomic E-state index is 0.0325. The zero-order valence-corrected chi connectivity index (χ0v) is 16.7. The Morgan fingerprint density at radius 2 is 1.70 bits per heavy atom. The maximum atomic E-state index is 12.4. The van der Waals surface area contributed by atoms with Gasteiger partial charge in [0.1, 0.15) is 11.6 Å². The first-order valence-corrected chi connectivity index (χ1v) is 8.47. The molecule has 0 spiro atoms. The zero-order valence-electron chi connectivity index (χ0n) is 16.7. The summed E-state index contributed by atoms with van der Waals surface area (Å²) in [5.41, 5.74) is -1.12. The number of amides is 1. The number of nitro benzene ring substituents is 1.